The number of H-pyrrole nitrogens is 1. The first-order chi connectivity index (χ1) is 18.3. The molecule has 3 heterocycles. The summed E-state index contributed by atoms with van der Waals surface area (Å²) in [5.41, 5.74) is 5.24. The summed E-state index contributed by atoms with van der Waals surface area (Å²) in [5, 5.41) is 14.4. The van der Waals surface area contributed by atoms with Crippen molar-refractivity contribution in [2.75, 3.05) is 0 Å². The smallest absolute Gasteiger partial charge is 0.296 e. The van der Waals surface area contributed by atoms with Gasteiger partial charge in [-0.05, 0) is 71.6 Å². The van der Waals surface area contributed by atoms with Crippen LogP contribution in [0.2, 0.25) is 0 Å². The predicted molar refractivity (Wildman–Crippen MR) is 150 cm³/mol. The second-order valence-electron chi connectivity index (χ2n) is 11.7. The Bertz CT molecular complexity index is 1410. The summed E-state index contributed by atoms with van der Waals surface area (Å²) in [4.78, 5) is 18.6. The lowest BCUT2D eigenvalue weighted by Crippen LogP contribution is -2.38. The van der Waals surface area contributed by atoms with Crippen LogP contribution in [-0.2, 0) is 13.0 Å². The summed E-state index contributed by atoms with van der Waals surface area (Å²) in [5.74, 6) is 1.06. The van der Waals surface area contributed by atoms with Gasteiger partial charge in [0.05, 0.1) is 12.2 Å². The van der Waals surface area contributed by atoms with Crippen LogP contribution in [0.5, 0.6) is 0 Å². The molecule has 5 rings (SSSR count). The minimum Gasteiger partial charge on any atom is -0.296 e. The molecule has 8 nitrogen and oxygen atoms in total. The number of nitrogens with zero attached hydrogens (tertiary/aromatic N) is 6. The molecule has 2 unspecified atom stereocenters. The van der Waals surface area contributed by atoms with Gasteiger partial charge < -0.3 is 0 Å². The van der Waals surface area contributed by atoms with Crippen LogP contribution in [0, 0.1) is 11.3 Å². The summed E-state index contributed by atoms with van der Waals surface area (Å²) in [7, 11) is 0. The van der Waals surface area contributed by atoms with E-state index in [2.05, 4.69) is 82.3 Å². The number of unbranched alkanes of at least 4 members (excludes halogenated alkanes) is 1. The number of hydrogen-bond donors (Lipinski definition) is 1. The second-order valence-corrected chi connectivity index (χ2v) is 11.7. The number of aromatic nitrogens is 7. The summed E-state index contributed by atoms with van der Waals surface area (Å²) >= 11 is 0. The van der Waals surface area contributed by atoms with E-state index in [-0.39, 0.29) is 17.1 Å². The molecule has 38 heavy (non-hydrogen) atoms. The number of benzene rings is 1. The van der Waals surface area contributed by atoms with Gasteiger partial charge in [-0.1, -0.05) is 65.2 Å². The Kier molecular flexibility index (Phi) is 7.58. The highest BCUT2D eigenvalue weighted by molar-refractivity contribution is 5.70. The predicted octanol–water partition coefficient (Wildman–Crippen LogP) is 6.06. The molecule has 0 amide bonds. The van der Waals surface area contributed by atoms with E-state index in [1.54, 1.807) is 0 Å². The first-order valence-corrected chi connectivity index (χ1v) is 13.9. The minimum absolute atomic E-state index is 0.101. The highest BCUT2D eigenvalue weighted by Crippen LogP contribution is 2.44. The molecule has 0 bridgehead atoms. The third kappa shape index (κ3) is 5.49. The quantitative estimate of drug-likeness (QED) is 0.309. The second kappa shape index (κ2) is 11.1. The largest absolute Gasteiger partial charge is 0.328 e. The van der Waals surface area contributed by atoms with E-state index in [1.807, 2.05) is 29.0 Å². The van der Waals surface area contributed by atoms with Gasteiger partial charge in [0.25, 0.3) is 0 Å². The number of pyridine rings is 1. The maximum absolute atomic E-state index is 13.9. The van der Waals surface area contributed by atoms with Crippen LogP contribution in [0.25, 0.3) is 22.5 Å². The van der Waals surface area contributed by atoms with Crippen LogP contribution in [-0.4, -0.2) is 34.7 Å². The normalized spacial score (nSPS) is 18.1. The van der Waals surface area contributed by atoms with Crippen LogP contribution in [0.4, 0.5) is 0 Å². The van der Waals surface area contributed by atoms with Gasteiger partial charge in [-0.3, -0.25) is 14.1 Å². The average molecular weight is 514 g/mol. The molecular formula is C30H39N7O. The van der Waals surface area contributed by atoms with Crippen molar-refractivity contribution in [1.82, 2.24) is 34.7 Å². The summed E-state index contributed by atoms with van der Waals surface area (Å²) < 4.78 is 4.03. The highest BCUT2D eigenvalue weighted by Gasteiger charge is 2.36. The SMILES string of the molecule is CCCCc1cn(C2CCCCC2C(C)(C)C)c(=O)n1Cc1cc(-c2cccc(-c3nn[nH]n3)c2)ccn1. The highest BCUT2D eigenvalue weighted by atomic mass is 16.1. The molecule has 3 aromatic heterocycles. The molecule has 0 radical (unpaired) electrons. The Labute approximate surface area is 224 Å². The topological polar surface area (TPSA) is 94.3 Å². The lowest BCUT2D eigenvalue weighted by atomic mass is 9.69. The Morgan fingerprint density at radius 2 is 1.84 bits per heavy atom. The lowest BCUT2D eigenvalue weighted by Gasteiger charge is -2.40. The van der Waals surface area contributed by atoms with E-state index < -0.39 is 0 Å². The third-order valence-electron chi connectivity index (χ3n) is 8.01. The summed E-state index contributed by atoms with van der Waals surface area (Å²) in [6.07, 6.45) is 11.7. The van der Waals surface area contributed by atoms with Crippen LogP contribution in [0.15, 0.2) is 53.6 Å². The molecule has 1 aromatic carbocycles. The van der Waals surface area contributed by atoms with E-state index in [0.717, 1.165) is 53.8 Å². The number of imidazole rings is 1. The van der Waals surface area contributed by atoms with Crippen molar-refractivity contribution >= 4 is 0 Å². The maximum atomic E-state index is 13.9. The molecule has 1 aliphatic carbocycles. The van der Waals surface area contributed by atoms with Gasteiger partial charge in [-0.15, -0.1) is 10.2 Å². The number of tetrazole rings is 1. The van der Waals surface area contributed by atoms with Crippen molar-refractivity contribution in [3.8, 4) is 22.5 Å². The van der Waals surface area contributed by atoms with Crippen LogP contribution >= 0.6 is 0 Å². The standard InChI is InChI=1S/C30H39N7O/c1-5-6-12-25-20-37(27-14-8-7-13-26(27)30(2,3)4)29(38)36(25)19-24-18-22(15-16-31-24)21-10-9-11-23(17-21)28-32-34-35-33-28/h9-11,15-18,20,26-27H,5-8,12-14,19H2,1-4H3,(H,32,33,34,35). The average Bonchev–Trinajstić information content (AvgIpc) is 3.56. The van der Waals surface area contributed by atoms with Crippen LogP contribution < -0.4 is 5.69 Å². The monoisotopic (exact) mass is 513 g/mol. The molecule has 1 fully saturated rings. The number of aryl methyl sites for hydroxylation is 1. The first kappa shape index (κ1) is 26.1. The van der Waals surface area contributed by atoms with E-state index in [0.29, 0.717) is 18.3 Å². The number of aromatic amines is 1. The van der Waals surface area contributed by atoms with Gasteiger partial charge in [-0.25, -0.2) is 4.79 Å². The Balaban J connectivity index is 1.48. The number of nitrogens with one attached hydrogen (secondary N) is 1. The fourth-order valence-corrected chi connectivity index (χ4v) is 5.99. The summed E-state index contributed by atoms with van der Waals surface area (Å²) in [6, 6.07) is 12.4. The van der Waals surface area contributed by atoms with Gasteiger partial charge in [0, 0.05) is 29.7 Å². The van der Waals surface area contributed by atoms with Crippen molar-refractivity contribution in [2.45, 2.75) is 85.2 Å². The zero-order chi connectivity index (χ0) is 26.7. The van der Waals surface area contributed by atoms with Crippen molar-refractivity contribution < 1.29 is 0 Å². The van der Waals surface area contributed by atoms with E-state index in [1.165, 1.54) is 19.3 Å². The maximum Gasteiger partial charge on any atom is 0.328 e. The third-order valence-corrected chi connectivity index (χ3v) is 8.01. The van der Waals surface area contributed by atoms with Gasteiger partial charge in [0.1, 0.15) is 0 Å². The van der Waals surface area contributed by atoms with Gasteiger partial charge in [0.15, 0.2) is 0 Å². The zero-order valence-corrected chi connectivity index (χ0v) is 23.0. The molecule has 0 saturated heterocycles. The Morgan fingerprint density at radius 1 is 1.05 bits per heavy atom. The number of rotatable bonds is 8. The first-order valence-electron chi connectivity index (χ1n) is 13.9. The molecule has 1 saturated carbocycles. The molecule has 200 valence electrons. The summed E-state index contributed by atoms with van der Waals surface area (Å²) in [6.45, 7) is 9.62. The van der Waals surface area contributed by atoms with E-state index in [9.17, 15) is 4.79 Å². The molecule has 4 aromatic rings. The molecule has 0 spiro atoms. The number of hydrogen-bond acceptors (Lipinski definition) is 5. The zero-order valence-electron chi connectivity index (χ0n) is 23.0. The molecule has 8 heteroatoms. The fraction of sp³-hybridized carbons (Fsp3) is 0.500. The van der Waals surface area contributed by atoms with Crippen molar-refractivity contribution in [1.29, 1.82) is 0 Å². The molecular weight excluding hydrogens is 474 g/mol. The van der Waals surface area contributed by atoms with Gasteiger partial charge in [0.2, 0.25) is 5.82 Å². The van der Waals surface area contributed by atoms with E-state index >= 15 is 0 Å². The Morgan fingerprint density at radius 3 is 2.61 bits per heavy atom. The molecule has 2 atom stereocenters. The Hall–Kier alpha value is -3.55. The van der Waals surface area contributed by atoms with Gasteiger partial charge >= 0.3 is 5.69 Å². The fourth-order valence-electron chi connectivity index (χ4n) is 5.99. The molecule has 1 N–H and O–H groups in total. The lowest BCUT2D eigenvalue weighted by molar-refractivity contribution is 0.111. The van der Waals surface area contributed by atoms with Crippen molar-refractivity contribution in [2.24, 2.45) is 11.3 Å². The van der Waals surface area contributed by atoms with Crippen molar-refractivity contribution in [3.05, 3.63) is 70.7 Å². The van der Waals surface area contributed by atoms with E-state index in [4.69, 9.17) is 0 Å². The molecule has 0 aliphatic heterocycles. The van der Waals surface area contributed by atoms with Crippen LogP contribution in [0.3, 0.4) is 0 Å². The van der Waals surface area contributed by atoms with Crippen molar-refractivity contribution in [3.63, 3.8) is 0 Å². The minimum atomic E-state index is 0.101. The van der Waals surface area contributed by atoms with Gasteiger partial charge in [-0.2, -0.15) is 5.21 Å². The molecule has 1 aliphatic rings. The van der Waals surface area contributed by atoms with Crippen LogP contribution in [0.1, 0.15) is 83.6 Å².